The van der Waals surface area contributed by atoms with E-state index in [1.807, 2.05) is 30.5 Å². The van der Waals surface area contributed by atoms with Gasteiger partial charge >= 0.3 is 0 Å². The number of hydrogen-bond donors (Lipinski definition) is 1. The highest BCUT2D eigenvalue weighted by Gasteiger charge is 2.37. The molecule has 4 nitrogen and oxygen atoms in total. The maximum atomic E-state index is 11.0. The molecular weight excluding hydrogens is 310 g/mol. The zero-order chi connectivity index (χ0) is 17.1. The van der Waals surface area contributed by atoms with Crippen LogP contribution in [0.15, 0.2) is 54.7 Å². The lowest BCUT2D eigenvalue weighted by atomic mass is 9.77. The Labute approximate surface area is 150 Å². The van der Waals surface area contributed by atoms with E-state index in [2.05, 4.69) is 39.0 Å². The van der Waals surface area contributed by atoms with Gasteiger partial charge in [-0.05, 0) is 43.4 Å². The second-order valence-electron chi connectivity index (χ2n) is 7.34. The predicted molar refractivity (Wildman–Crippen MR) is 101 cm³/mol. The monoisotopic (exact) mass is 337 g/mol. The Morgan fingerprint density at radius 1 is 0.880 bits per heavy atom. The van der Waals surface area contributed by atoms with E-state index in [4.69, 9.17) is 0 Å². The number of rotatable bonds is 3. The van der Waals surface area contributed by atoms with Gasteiger partial charge in [-0.15, -0.1) is 0 Å². The smallest absolute Gasteiger partial charge is 0.128 e. The molecule has 2 aromatic rings. The summed E-state index contributed by atoms with van der Waals surface area (Å²) in [6.07, 6.45) is 5.75. The van der Waals surface area contributed by atoms with Crippen molar-refractivity contribution in [1.82, 2.24) is 9.88 Å². The predicted octanol–water partition coefficient (Wildman–Crippen LogP) is 3.03. The van der Waals surface area contributed by atoms with Crippen molar-refractivity contribution in [1.29, 1.82) is 0 Å². The third kappa shape index (κ3) is 3.55. The Hall–Kier alpha value is -1.91. The summed E-state index contributed by atoms with van der Waals surface area (Å²) in [5, 5.41) is 11.0. The number of benzene rings is 1. The van der Waals surface area contributed by atoms with E-state index in [1.54, 1.807) is 0 Å². The molecular formula is C21H27N3O. The topological polar surface area (TPSA) is 39.6 Å². The van der Waals surface area contributed by atoms with Crippen molar-refractivity contribution < 1.29 is 5.11 Å². The van der Waals surface area contributed by atoms with Gasteiger partial charge in [0.05, 0.1) is 5.60 Å². The molecule has 0 unspecified atom stereocenters. The highest BCUT2D eigenvalue weighted by molar-refractivity contribution is 5.38. The molecule has 0 bridgehead atoms. The van der Waals surface area contributed by atoms with Crippen molar-refractivity contribution >= 4 is 5.82 Å². The molecule has 1 saturated heterocycles. The lowest BCUT2D eigenvalue weighted by Gasteiger charge is -2.44. The van der Waals surface area contributed by atoms with E-state index in [0.29, 0.717) is 6.04 Å². The summed E-state index contributed by atoms with van der Waals surface area (Å²) in [4.78, 5) is 9.46. The van der Waals surface area contributed by atoms with Crippen molar-refractivity contribution in [2.45, 2.75) is 37.3 Å². The minimum Gasteiger partial charge on any atom is -0.385 e. The van der Waals surface area contributed by atoms with Crippen molar-refractivity contribution in [2.24, 2.45) is 0 Å². The quantitative estimate of drug-likeness (QED) is 0.934. The van der Waals surface area contributed by atoms with Crippen molar-refractivity contribution in [3.8, 4) is 0 Å². The van der Waals surface area contributed by atoms with Gasteiger partial charge in [0.2, 0.25) is 0 Å². The van der Waals surface area contributed by atoms with Crippen LogP contribution in [0.2, 0.25) is 0 Å². The number of piperazine rings is 1. The van der Waals surface area contributed by atoms with Gasteiger partial charge in [-0.25, -0.2) is 4.98 Å². The molecule has 4 heteroatoms. The van der Waals surface area contributed by atoms with Crippen LogP contribution < -0.4 is 4.90 Å². The highest BCUT2D eigenvalue weighted by Crippen LogP contribution is 2.38. The first-order chi connectivity index (χ1) is 12.2. The van der Waals surface area contributed by atoms with Crippen molar-refractivity contribution in [2.75, 3.05) is 31.1 Å². The normalized spacial score (nSPS) is 28.0. The molecule has 0 radical (unpaired) electrons. The third-order valence-corrected chi connectivity index (χ3v) is 5.90. The summed E-state index contributed by atoms with van der Waals surface area (Å²) < 4.78 is 0. The first-order valence-electron chi connectivity index (χ1n) is 9.43. The van der Waals surface area contributed by atoms with E-state index in [-0.39, 0.29) is 0 Å². The maximum absolute atomic E-state index is 11.0. The van der Waals surface area contributed by atoms with Crippen LogP contribution in [0, 0.1) is 0 Å². The van der Waals surface area contributed by atoms with E-state index in [0.717, 1.165) is 63.2 Å². The van der Waals surface area contributed by atoms with E-state index in [9.17, 15) is 5.11 Å². The van der Waals surface area contributed by atoms with Crippen LogP contribution in [0.3, 0.4) is 0 Å². The zero-order valence-corrected chi connectivity index (χ0v) is 14.7. The average molecular weight is 337 g/mol. The molecule has 1 aliphatic heterocycles. The van der Waals surface area contributed by atoms with Crippen LogP contribution in [-0.4, -0.2) is 47.2 Å². The van der Waals surface area contributed by atoms with Gasteiger partial charge in [0.1, 0.15) is 5.82 Å². The molecule has 1 aromatic heterocycles. The zero-order valence-electron chi connectivity index (χ0n) is 14.7. The van der Waals surface area contributed by atoms with Crippen molar-refractivity contribution in [3.63, 3.8) is 0 Å². The van der Waals surface area contributed by atoms with Gasteiger partial charge < -0.3 is 10.0 Å². The minimum absolute atomic E-state index is 0.606. The molecule has 1 N–H and O–H groups in total. The fourth-order valence-electron chi connectivity index (χ4n) is 4.34. The van der Waals surface area contributed by atoms with Crippen LogP contribution in [0.5, 0.6) is 0 Å². The Bertz CT molecular complexity index is 660. The second-order valence-corrected chi connectivity index (χ2v) is 7.34. The molecule has 132 valence electrons. The third-order valence-electron chi connectivity index (χ3n) is 5.90. The SMILES string of the molecule is OC1(c2ccccc2)CCC(N2CCN(c3ccccn3)CC2)CC1. The molecule has 1 saturated carbocycles. The highest BCUT2D eigenvalue weighted by atomic mass is 16.3. The standard InChI is InChI=1S/C21H27N3O/c25-21(18-6-2-1-3-7-18)11-9-19(10-12-21)23-14-16-24(17-15-23)20-8-4-5-13-22-20/h1-8,13,19,25H,9-12,14-17H2. The van der Waals surface area contributed by atoms with Crippen LogP contribution in [0.4, 0.5) is 5.82 Å². The summed E-state index contributed by atoms with van der Waals surface area (Å²) >= 11 is 0. The maximum Gasteiger partial charge on any atom is 0.128 e. The summed E-state index contributed by atoms with van der Waals surface area (Å²) in [7, 11) is 0. The van der Waals surface area contributed by atoms with E-state index >= 15 is 0 Å². The van der Waals surface area contributed by atoms with Crippen LogP contribution in [0.25, 0.3) is 0 Å². The van der Waals surface area contributed by atoms with Gasteiger partial charge in [0.15, 0.2) is 0 Å². The molecule has 0 atom stereocenters. The minimum atomic E-state index is -0.631. The Morgan fingerprint density at radius 2 is 1.56 bits per heavy atom. The molecule has 2 aliphatic rings. The number of nitrogens with zero attached hydrogens (tertiary/aromatic N) is 3. The van der Waals surface area contributed by atoms with Gasteiger partial charge in [-0.1, -0.05) is 36.4 Å². The number of aromatic nitrogens is 1. The molecule has 0 spiro atoms. The average Bonchev–Trinajstić information content (AvgIpc) is 2.70. The van der Waals surface area contributed by atoms with Gasteiger partial charge in [-0.3, -0.25) is 4.90 Å². The lowest BCUT2D eigenvalue weighted by molar-refractivity contribution is -0.0257. The summed E-state index contributed by atoms with van der Waals surface area (Å²) in [6, 6.07) is 16.9. The van der Waals surface area contributed by atoms with Crippen LogP contribution in [0.1, 0.15) is 31.2 Å². The molecule has 1 aliphatic carbocycles. The lowest BCUT2D eigenvalue weighted by Crippen LogP contribution is -2.52. The number of aliphatic hydroxyl groups is 1. The van der Waals surface area contributed by atoms with E-state index < -0.39 is 5.60 Å². The fourth-order valence-corrected chi connectivity index (χ4v) is 4.34. The first-order valence-corrected chi connectivity index (χ1v) is 9.43. The number of anilines is 1. The Balaban J connectivity index is 1.32. The number of hydrogen-bond acceptors (Lipinski definition) is 4. The Kier molecular flexibility index (Phi) is 4.73. The van der Waals surface area contributed by atoms with Crippen molar-refractivity contribution in [3.05, 3.63) is 60.3 Å². The van der Waals surface area contributed by atoms with E-state index in [1.165, 1.54) is 0 Å². The summed E-state index contributed by atoms with van der Waals surface area (Å²) in [5.41, 5.74) is 0.446. The molecule has 25 heavy (non-hydrogen) atoms. The van der Waals surface area contributed by atoms with Gasteiger partial charge in [0.25, 0.3) is 0 Å². The second kappa shape index (κ2) is 7.14. The number of pyridine rings is 1. The van der Waals surface area contributed by atoms with Gasteiger partial charge in [-0.2, -0.15) is 0 Å². The molecule has 2 fully saturated rings. The molecule has 4 rings (SSSR count). The first kappa shape index (κ1) is 16.6. The fraction of sp³-hybridized carbons (Fsp3) is 0.476. The molecule has 1 aromatic carbocycles. The van der Waals surface area contributed by atoms with Gasteiger partial charge in [0, 0.05) is 38.4 Å². The van der Waals surface area contributed by atoms with Crippen LogP contribution >= 0.6 is 0 Å². The summed E-state index contributed by atoms with van der Waals surface area (Å²) in [6.45, 7) is 4.25. The largest absolute Gasteiger partial charge is 0.385 e. The molecule has 0 amide bonds. The summed E-state index contributed by atoms with van der Waals surface area (Å²) in [5.74, 6) is 1.09. The Morgan fingerprint density at radius 3 is 2.20 bits per heavy atom. The molecule has 2 heterocycles. The van der Waals surface area contributed by atoms with Crippen LogP contribution in [-0.2, 0) is 5.60 Å².